The number of carbonyl (C=O) groups is 2. The number of rotatable bonds is 6. The average molecular weight is 468 g/mol. The molecule has 0 atom stereocenters. The van der Waals surface area contributed by atoms with Gasteiger partial charge in [-0.1, -0.05) is 0 Å². The summed E-state index contributed by atoms with van der Waals surface area (Å²) in [6, 6.07) is 0. The van der Waals surface area contributed by atoms with Crippen LogP contribution >= 0.6 is 0 Å². The Hall–Kier alpha value is -2.00. The fourth-order valence-electron chi connectivity index (χ4n) is 6.60. The van der Waals surface area contributed by atoms with Crippen molar-refractivity contribution in [3.05, 3.63) is 23.8 Å². The maximum atomic E-state index is 13.5. The van der Waals surface area contributed by atoms with Crippen LogP contribution in [0.4, 0.5) is 26.3 Å². The molecular formula is C22H26F6O4. The molecule has 0 heterocycles. The van der Waals surface area contributed by atoms with Gasteiger partial charge in [-0.15, -0.1) is 0 Å². The van der Waals surface area contributed by atoms with Gasteiger partial charge in [0.15, 0.2) is 0 Å². The first-order chi connectivity index (χ1) is 14.5. The Kier molecular flexibility index (Phi) is 6.00. The largest absolute Gasteiger partial charge is 0.454 e. The molecule has 0 radical (unpaired) electrons. The first-order valence-electron chi connectivity index (χ1n) is 10.4. The van der Waals surface area contributed by atoms with Gasteiger partial charge in [-0.2, -0.15) is 26.3 Å². The van der Waals surface area contributed by atoms with E-state index in [4.69, 9.17) is 9.47 Å². The molecule has 0 aromatic heterocycles. The lowest BCUT2D eigenvalue weighted by Gasteiger charge is -2.68. The molecule has 10 heteroatoms. The molecular weight excluding hydrogens is 442 g/mol. The standard InChI is InChI=1S/C22H26F6O4/c1-19(2,31-17(29)13(23)15(25)26)21-6-11-5-12(7-21)9-22(8-11,10-21)20(3,4)32-18(30)14(24)16(27)28/h11-12H,5-10H2,1-4H3. The number of esters is 2. The molecule has 0 N–H and O–H groups in total. The third-order valence-electron chi connectivity index (χ3n) is 8.00. The highest BCUT2D eigenvalue weighted by Gasteiger charge is 2.67. The van der Waals surface area contributed by atoms with E-state index in [1.807, 2.05) is 0 Å². The molecule has 4 aliphatic rings. The zero-order chi connectivity index (χ0) is 24.3. The summed E-state index contributed by atoms with van der Waals surface area (Å²) in [6.45, 7) is 6.15. The maximum Gasteiger partial charge on any atom is 0.373 e. The fraction of sp³-hybridized carbons (Fsp3) is 0.727. The lowest BCUT2D eigenvalue weighted by molar-refractivity contribution is -0.249. The van der Waals surface area contributed by atoms with Gasteiger partial charge in [0, 0.05) is 10.8 Å². The Bertz CT molecular complexity index is 801. The van der Waals surface area contributed by atoms with Crippen molar-refractivity contribution in [2.45, 2.75) is 77.4 Å². The van der Waals surface area contributed by atoms with E-state index in [1.54, 1.807) is 0 Å². The zero-order valence-corrected chi connectivity index (χ0v) is 18.3. The molecule has 180 valence electrons. The quantitative estimate of drug-likeness (QED) is 0.258. The summed E-state index contributed by atoms with van der Waals surface area (Å²) in [5, 5.41) is 0. The minimum absolute atomic E-state index is 0.115. The van der Waals surface area contributed by atoms with Gasteiger partial charge in [-0.25, -0.2) is 9.59 Å². The van der Waals surface area contributed by atoms with Crippen LogP contribution in [0.15, 0.2) is 23.8 Å². The van der Waals surface area contributed by atoms with Gasteiger partial charge < -0.3 is 9.47 Å². The highest BCUT2D eigenvalue weighted by atomic mass is 19.3. The lowest BCUT2D eigenvalue weighted by Crippen LogP contribution is -2.65. The van der Waals surface area contributed by atoms with Crippen LogP contribution in [0, 0.1) is 22.7 Å². The van der Waals surface area contributed by atoms with Gasteiger partial charge in [0.2, 0.25) is 0 Å². The van der Waals surface area contributed by atoms with Gasteiger partial charge in [0.1, 0.15) is 11.2 Å². The second kappa shape index (κ2) is 7.80. The highest BCUT2D eigenvalue weighted by Crippen LogP contribution is 2.71. The van der Waals surface area contributed by atoms with E-state index < -0.39 is 57.8 Å². The van der Waals surface area contributed by atoms with Crippen molar-refractivity contribution in [1.29, 1.82) is 0 Å². The number of ether oxygens (including phenoxy) is 2. The van der Waals surface area contributed by atoms with Crippen molar-refractivity contribution in [1.82, 2.24) is 0 Å². The molecule has 0 aromatic carbocycles. The fourth-order valence-corrected chi connectivity index (χ4v) is 6.60. The van der Waals surface area contributed by atoms with Crippen LogP contribution in [0.1, 0.15) is 66.2 Å². The molecule has 4 bridgehead atoms. The van der Waals surface area contributed by atoms with Gasteiger partial charge >= 0.3 is 24.1 Å². The van der Waals surface area contributed by atoms with Crippen LogP contribution < -0.4 is 0 Å². The Morgan fingerprint density at radius 3 is 1.28 bits per heavy atom. The van der Waals surface area contributed by atoms with E-state index in [-0.39, 0.29) is 11.8 Å². The lowest BCUT2D eigenvalue weighted by atomic mass is 9.38. The third kappa shape index (κ3) is 3.94. The normalized spacial score (nSPS) is 31.2. The monoisotopic (exact) mass is 468 g/mol. The molecule has 0 unspecified atom stereocenters. The van der Waals surface area contributed by atoms with Crippen LogP contribution in [0.2, 0.25) is 0 Å². The summed E-state index contributed by atoms with van der Waals surface area (Å²) in [6.07, 6.45) is -2.00. The summed E-state index contributed by atoms with van der Waals surface area (Å²) in [7, 11) is 0. The van der Waals surface area contributed by atoms with E-state index in [0.29, 0.717) is 32.1 Å². The molecule has 4 aliphatic carbocycles. The number of hydrogen-bond acceptors (Lipinski definition) is 4. The SMILES string of the molecule is CC(C)(OC(=O)C(F)=C(F)F)C12CC3CC(C1)CC(C(C)(C)OC(=O)C(F)=C(F)F)(C3)C2. The van der Waals surface area contributed by atoms with Crippen molar-refractivity contribution in [2.24, 2.45) is 22.7 Å². The van der Waals surface area contributed by atoms with Crippen molar-refractivity contribution in [3.8, 4) is 0 Å². The first kappa shape index (κ1) is 24.6. The number of halogens is 6. The van der Waals surface area contributed by atoms with Gasteiger partial charge in [0.05, 0.1) is 0 Å². The van der Waals surface area contributed by atoms with Gasteiger partial charge in [-0.05, 0) is 78.1 Å². The molecule has 0 saturated heterocycles. The summed E-state index contributed by atoms with van der Waals surface area (Å²) >= 11 is 0. The third-order valence-corrected chi connectivity index (χ3v) is 8.00. The van der Waals surface area contributed by atoms with Crippen molar-refractivity contribution in [3.63, 3.8) is 0 Å². The molecule has 0 aromatic rings. The molecule has 4 rings (SSSR count). The second-order valence-electron chi connectivity index (χ2n) is 10.5. The minimum atomic E-state index is -2.77. The van der Waals surface area contributed by atoms with E-state index in [0.717, 1.165) is 6.42 Å². The van der Waals surface area contributed by atoms with Crippen LogP contribution in [0.5, 0.6) is 0 Å². The van der Waals surface area contributed by atoms with Gasteiger partial charge in [0.25, 0.3) is 11.7 Å². The Balaban J connectivity index is 1.93. The highest BCUT2D eigenvalue weighted by molar-refractivity contribution is 5.87. The van der Waals surface area contributed by atoms with E-state index in [2.05, 4.69) is 0 Å². The van der Waals surface area contributed by atoms with Crippen molar-refractivity contribution in [2.75, 3.05) is 0 Å². The summed E-state index contributed by atoms with van der Waals surface area (Å²) in [5.41, 5.74) is -4.14. The molecule has 0 aliphatic heterocycles. The molecule has 4 fully saturated rings. The maximum absolute atomic E-state index is 13.5. The van der Waals surface area contributed by atoms with E-state index >= 15 is 0 Å². The summed E-state index contributed by atoms with van der Waals surface area (Å²) < 4.78 is 87.6. The average Bonchev–Trinajstić information content (AvgIpc) is 2.64. The summed E-state index contributed by atoms with van der Waals surface area (Å²) in [4.78, 5) is 23.9. The Morgan fingerprint density at radius 2 is 1.00 bits per heavy atom. The predicted octanol–water partition coefficient (Wildman–Crippen LogP) is 6.37. The van der Waals surface area contributed by atoms with Crippen molar-refractivity contribution >= 4 is 11.9 Å². The Morgan fingerprint density at radius 1 is 0.688 bits per heavy atom. The predicted molar refractivity (Wildman–Crippen MR) is 101 cm³/mol. The molecule has 0 spiro atoms. The van der Waals surface area contributed by atoms with E-state index in [9.17, 15) is 35.9 Å². The first-order valence-corrected chi connectivity index (χ1v) is 10.4. The minimum Gasteiger partial charge on any atom is -0.454 e. The van der Waals surface area contributed by atoms with Crippen LogP contribution in [0.25, 0.3) is 0 Å². The summed E-state index contributed by atoms with van der Waals surface area (Å²) in [5.74, 6) is -7.77. The number of hydrogen-bond donors (Lipinski definition) is 0. The van der Waals surface area contributed by atoms with E-state index in [1.165, 1.54) is 27.7 Å². The van der Waals surface area contributed by atoms with Crippen molar-refractivity contribution < 1.29 is 45.4 Å². The molecule has 4 saturated carbocycles. The molecule has 4 nitrogen and oxygen atoms in total. The van der Waals surface area contributed by atoms with Crippen LogP contribution in [-0.2, 0) is 19.1 Å². The van der Waals surface area contributed by atoms with Crippen LogP contribution in [-0.4, -0.2) is 23.1 Å². The number of carbonyl (C=O) groups excluding carboxylic acids is 2. The smallest absolute Gasteiger partial charge is 0.373 e. The Labute approximate surface area is 182 Å². The zero-order valence-electron chi connectivity index (χ0n) is 18.3. The van der Waals surface area contributed by atoms with Gasteiger partial charge in [-0.3, -0.25) is 0 Å². The molecule has 32 heavy (non-hydrogen) atoms. The molecule has 0 amide bonds. The topological polar surface area (TPSA) is 52.6 Å². The second-order valence-corrected chi connectivity index (χ2v) is 10.5. The van der Waals surface area contributed by atoms with Crippen LogP contribution in [0.3, 0.4) is 0 Å².